The summed E-state index contributed by atoms with van der Waals surface area (Å²) in [5.74, 6) is 0.865. The van der Waals surface area contributed by atoms with Gasteiger partial charge in [-0.1, -0.05) is 43.7 Å². The summed E-state index contributed by atoms with van der Waals surface area (Å²) in [6.45, 7) is 6.11. The molecule has 1 amide bonds. The van der Waals surface area contributed by atoms with Crippen LogP contribution in [0.2, 0.25) is 0 Å². The van der Waals surface area contributed by atoms with Crippen LogP contribution >= 0.6 is 0 Å². The molecule has 1 saturated heterocycles. The largest absolute Gasteiger partial charge is 0.497 e. The monoisotopic (exact) mass is 433 g/mol. The third-order valence-corrected chi connectivity index (χ3v) is 6.67. The van der Waals surface area contributed by atoms with E-state index in [0.29, 0.717) is 13.0 Å². The molecule has 0 spiro atoms. The van der Waals surface area contributed by atoms with E-state index in [9.17, 15) is 4.79 Å². The number of aryl methyl sites for hydroxylation is 1. The van der Waals surface area contributed by atoms with Crippen molar-refractivity contribution in [2.24, 2.45) is 0 Å². The molecule has 3 aromatic rings. The fourth-order valence-electron chi connectivity index (χ4n) is 4.88. The molecular formula is C27H35N3O2. The van der Waals surface area contributed by atoms with E-state index in [4.69, 9.17) is 4.74 Å². The zero-order valence-electron chi connectivity index (χ0n) is 19.3. The summed E-state index contributed by atoms with van der Waals surface area (Å²) >= 11 is 0. The third-order valence-electron chi connectivity index (χ3n) is 6.67. The number of benzene rings is 2. The van der Waals surface area contributed by atoms with Crippen molar-refractivity contribution in [3.63, 3.8) is 0 Å². The van der Waals surface area contributed by atoms with E-state index < -0.39 is 0 Å². The lowest BCUT2D eigenvalue weighted by molar-refractivity contribution is -0.121. The van der Waals surface area contributed by atoms with E-state index in [0.717, 1.165) is 42.9 Å². The molecule has 0 saturated carbocycles. The van der Waals surface area contributed by atoms with Gasteiger partial charge in [-0.3, -0.25) is 4.79 Å². The minimum Gasteiger partial charge on any atom is -0.497 e. The van der Waals surface area contributed by atoms with Gasteiger partial charge in [-0.2, -0.15) is 0 Å². The quantitative estimate of drug-likeness (QED) is 0.507. The SMILES string of the molecule is CCc1cccc2c(C(CC(=O)NCCN3CCCCC3)c3cccc(OC)c3)c[nH]c12. The smallest absolute Gasteiger partial charge is 0.220 e. The number of methoxy groups -OCH3 is 1. The standard InChI is InChI=1S/C27H35N3O2/c1-3-20-9-8-12-23-25(19-29-27(20)23)24(21-10-7-11-22(17-21)32-2)18-26(31)28-13-16-30-14-5-4-6-15-30/h7-12,17,19,24,29H,3-6,13-16,18H2,1-2H3,(H,28,31). The van der Waals surface area contributed by atoms with Crippen molar-refractivity contribution in [2.75, 3.05) is 33.3 Å². The maximum Gasteiger partial charge on any atom is 0.220 e. The lowest BCUT2D eigenvalue weighted by Crippen LogP contribution is -2.38. The topological polar surface area (TPSA) is 57.4 Å². The summed E-state index contributed by atoms with van der Waals surface area (Å²) in [6, 6.07) is 14.5. The lowest BCUT2D eigenvalue weighted by atomic mass is 9.87. The Balaban J connectivity index is 1.55. The number of amides is 1. The fourth-order valence-corrected chi connectivity index (χ4v) is 4.88. The minimum atomic E-state index is -0.0408. The molecule has 170 valence electrons. The minimum absolute atomic E-state index is 0.0408. The Labute approximate surface area is 191 Å². The molecule has 1 unspecified atom stereocenters. The predicted octanol–water partition coefficient (Wildman–Crippen LogP) is 4.86. The first-order valence-electron chi connectivity index (χ1n) is 11.9. The number of ether oxygens (including phenoxy) is 1. The number of piperidine rings is 1. The maximum absolute atomic E-state index is 13.0. The highest BCUT2D eigenvalue weighted by Crippen LogP contribution is 2.35. The van der Waals surface area contributed by atoms with Crippen LogP contribution in [0.1, 0.15) is 55.2 Å². The van der Waals surface area contributed by atoms with Crippen molar-refractivity contribution in [3.8, 4) is 5.75 Å². The zero-order chi connectivity index (χ0) is 22.3. The van der Waals surface area contributed by atoms with Gasteiger partial charge in [0.25, 0.3) is 0 Å². The highest BCUT2D eigenvalue weighted by atomic mass is 16.5. The first-order valence-corrected chi connectivity index (χ1v) is 11.9. The molecule has 0 aliphatic carbocycles. The van der Waals surface area contributed by atoms with Gasteiger partial charge >= 0.3 is 0 Å². The van der Waals surface area contributed by atoms with E-state index in [1.165, 1.54) is 35.7 Å². The molecule has 2 aromatic carbocycles. The van der Waals surface area contributed by atoms with Gasteiger partial charge in [0, 0.05) is 42.5 Å². The molecule has 2 N–H and O–H groups in total. The van der Waals surface area contributed by atoms with Crippen LogP contribution in [0.4, 0.5) is 0 Å². The van der Waals surface area contributed by atoms with Gasteiger partial charge in [0.2, 0.25) is 5.91 Å². The second-order valence-electron chi connectivity index (χ2n) is 8.72. The number of aromatic amines is 1. The van der Waals surface area contributed by atoms with Crippen molar-refractivity contribution >= 4 is 16.8 Å². The molecule has 1 aromatic heterocycles. The zero-order valence-corrected chi connectivity index (χ0v) is 19.3. The van der Waals surface area contributed by atoms with Crippen LogP contribution in [-0.4, -0.2) is 49.1 Å². The molecule has 1 aliphatic heterocycles. The number of H-pyrrole nitrogens is 1. The number of para-hydroxylation sites is 1. The number of nitrogens with one attached hydrogen (secondary N) is 2. The molecule has 0 radical (unpaired) electrons. The number of carbonyl (C=O) groups is 1. The highest BCUT2D eigenvalue weighted by Gasteiger charge is 2.22. The summed E-state index contributed by atoms with van der Waals surface area (Å²) < 4.78 is 5.47. The number of fused-ring (bicyclic) bond motifs is 1. The van der Waals surface area contributed by atoms with Gasteiger partial charge < -0.3 is 19.9 Å². The second kappa shape index (κ2) is 10.7. The van der Waals surface area contributed by atoms with E-state index in [1.54, 1.807) is 7.11 Å². The number of hydrogen-bond acceptors (Lipinski definition) is 3. The highest BCUT2D eigenvalue weighted by molar-refractivity contribution is 5.88. The Kier molecular flexibility index (Phi) is 7.48. The number of nitrogens with zero attached hydrogens (tertiary/aromatic N) is 1. The molecule has 32 heavy (non-hydrogen) atoms. The van der Waals surface area contributed by atoms with Crippen LogP contribution in [0.3, 0.4) is 0 Å². The average Bonchev–Trinajstić information content (AvgIpc) is 3.27. The molecular weight excluding hydrogens is 398 g/mol. The van der Waals surface area contributed by atoms with E-state index >= 15 is 0 Å². The van der Waals surface area contributed by atoms with Gasteiger partial charge in [0.15, 0.2) is 0 Å². The van der Waals surface area contributed by atoms with Crippen LogP contribution in [0.5, 0.6) is 5.75 Å². The summed E-state index contributed by atoms with van der Waals surface area (Å²) in [4.78, 5) is 18.9. The molecule has 1 atom stereocenters. The first kappa shape index (κ1) is 22.4. The first-order chi connectivity index (χ1) is 15.7. The Morgan fingerprint density at radius 3 is 2.75 bits per heavy atom. The molecule has 5 heteroatoms. The van der Waals surface area contributed by atoms with E-state index in [2.05, 4.69) is 52.6 Å². The van der Waals surface area contributed by atoms with Crippen molar-refractivity contribution in [1.29, 1.82) is 0 Å². The number of likely N-dealkylation sites (tertiary alicyclic amines) is 1. The summed E-state index contributed by atoms with van der Waals surface area (Å²) in [5.41, 5.74) is 4.72. The fraction of sp³-hybridized carbons (Fsp3) is 0.444. The van der Waals surface area contributed by atoms with Crippen LogP contribution in [-0.2, 0) is 11.2 Å². The van der Waals surface area contributed by atoms with Crippen molar-refractivity contribution < 1.29 is 9.53 Å². The van der Waals surface area contributed by atoms with Crippen LogP contribution in [0.25, 0.3) is 10.9 Å². The maximum atomic E-state index is 13.0. The predicted molar refractivity (Wildman–Crippen MR) is 130 cm³/mol. The third kappa shape index (κ3) is 5.16. The van der Waals surface area contributed by atoms with Crippen molar-refractivity contribution in [1.82, 2.24) is 15.2 Å². The number of hydrogen-bond donors (Lipinski definition) is 2. The molecule has 1 aliphatic rings. The number of carbonyl (C=O) groups excluding carboxylic acids is 1. The van der Waals surface area contributed by atoms with Gasteiger partial charge in [-0.15, -0.1) is 0 Å². The Morgan fingerprint density at radius 2 is 1.97 bits per heavy atom. The van der Waals surface area contributed by atoms with E-state index in [1.807, 2.05) is 18.2 Å². The van der Waals surface area contributed by atoms with Crippen LogP contribution in [0, 0.1) is 0 Å². The lowest BCUT2D eigenvalue weighted by Gasteiger charge is -2.26. The molecule has 2 heterocycles. The second-order valence-corrected chi connectivity index (χ2v) is 8.72. The average molecular weight is 434 g/mol. The van der Waals surface area contributed by atoms with Gasteiger partial charge in [0.1, 0.15) is 5.75 Å². The number of rotatable bonds is 9. The summed E-state index contributed by atoms with van der Waals surface area (Å²) in [6.07, 6.45) is 7.33. The molecule has 5 nitrogen and oxygen atoms in total. The molecule has 1 fully saturated rings. The van der Waals surface area contributed by atoms with Gasteiger partial charge in [-0.05, 0) is 61.2 Å². The van der Waals surface area contributed by atoms with Crippen LogP contribution in [0.15, 0.2) is 48.7 Å². The summed E-state index contributed by atoms with van der Waals surface area (Å²) in [5, 5.41) is 4.36. The van der Waals surface area contributed by atoms with Crippen molar-refractivity contribution in [2.45, 2.75) is 44.9 Å². The normalized spacial score (nSPS) is 15.6. The molecule has 0 bridgehead atoms. The van der Waals surface area contributed by atoms with E-state index in [-0.39, 0.29) is 11.8 Å². The molecule has 4 rings (SSSR count). The summed E-state index contributed by atoms with van der Waals surface area (Å²) in [7, 11) is 1.68. The number of aromatic nitrogens is 1. The van der Waals surface area contributed by atoms with Crippen molar-refractivity contribution in [3.05, 3.63) is 65.4 Å². The Morgan fingerprint density at radius 1 is 1.16 bits per heavy atom. The Bertz CT molecular complexity index is 1040. The van der Waals surface area contributed by atoms with Crippen LogP contribution < -0.4 is 10.1 Å². The van der Waals surface area contributed by atoms with Gasteiger partial charge in [0.05, 0.1) is 7.11 Å². The van der Waals surface area contributed by atoms with Gasteiger partial charge in [-0.25, -0.2) is 0 Å². The Hall–Kier alpha value is -2.79.